The molecule has 0 fully saturated rings. The molecule has 0 saturated heterocycles. The first-order valence-corrected chi connectivity index (χ1v) is 5.66. The lowest BCUT2D eigenvalue weighted by Gasteiger charge is -2.07. The number of hydrogen-bond acceptors (Lipinski definition) is 4. The first kappa shape index (κ1) is 13.5. The minimum Gasteiger partial charge on any atom is -0.465 e. The van der Waals surface area contributed by atoms with E-state index >= 15 is 0 Å². The summed E-state index contributed by atoms with van der Waals surface area (Å²) in [6.07, 6.45) is 0.764. The largest absolute Gasteiger partial charge is 0.465 e. The molecule has 0 saturated carbocycles. The van der Waals surface area contributed by atoms with Gasteiger partial charge in [0, 0.05) is 12.3 Å². The van der Waals surface area contributed by atoms with E-state index in [-0.39, 0.29) is 17.7 Å². The van der Waals surface area contributed by atoms with Crippen LogP contribution in [0.3, 0.4) is 0 Å². The predicted octanol–water partition coefficient (Wildman–Crippen LogP) is 2.40. The Labute approximate surface area is 104 Å². The molecular weight excluding hydrogens is 244 g/mol. The van der Waals surface area contributed by atoms with Crippen molar-refractivity contribution in [1.82, 2.24) is 0 Å². The van der Waals surface area contributed by atoms with Crippen molar-refractivity contribution in [3.8, 4) is 5.75 Å². The van der Waals surface area contributed by atoms with E-state index in [2.05, 4.69) is 4.74 Å². The van der Waals surface area contributed by atoms with Gasteiger partial charge in [-0.3, -0.25) is 4.79 Å². The van der Waals surface area contributed by atoms with Crippen LogP contribution < -0.4 is 4.74 Å². The Morgan fingerprint density at radius 3 is 2.65 bits per heavy atom. The fraction of sp³-hybridized carbons (Fsp3) is 0.333. The molecule has 1 aromatic carbocycles. The van der Waals surface area contributed by atoms with Gasteiger partial charge in [0.25, 0.3) is 0 Å². The summed E-state index contributed by atoms with van der Waals surface area (Å²) in [7, 11) is 1.27. The van der Waals surface area contributed by atoms with E-state index in [1.807, 2.05) is 0 Å². The number of alkyl halides is 1. The van der Waals surface area contributed by atoms with E-state index in [9.17, 15) is 9.59 Å². The van der Waals surface area contributed by atoms with E-state index in [0.717, 1.165) is 0 Å². The van der Waals surface area contributed by atoms with Gasteiger partial charge in [0.15, 0.2) is 0 Å². The van der Waals surface area contributed by atoms with Crippen LogP contribution in [0.1, 0.15) is 23.2 Å². The van der Waals surface area contributed by atoms with Gasteiger partial charge in [0.1, 0.15) is 11.3 Å². The molecule has 0 radical (unpaired) electrons. The number of methoxy groups -OCH3 is 1. The van der Waals surface area contributed by atoms with Crippen LogP contribution in [-0.4, -0.2) is 24.9 Å². The third-order valence-electron chi connectivity index (χ3n) is 2.03. The number of para-hydroxylation sites is 1. The van der Waals surface area contributed by atoms with Gasteiger partial charge in [-0.25, -0.2) is 4.79 Å². The Morgan fingerprint density at radius 1 is 1.29 bits per heavy atom. The third-order valence-corrected chi connectivity index (χ3v) is 2.30. The van der Waals surface area contributed by atoms with E-state index in [1.54, 1.807) is 18.2 Å². The smallest absolute Gasteiger partial charge is 0.341 e. The lowest BCUT2D eigenvalue weighted by molar-refractivity contribution is -0.134. The van der Waals surface area contributed by atoms with Crippen LogP contribution >= 0.6 is 11.6 Å². The average molecular weight is 257 g/mol. The maximum Gasteiger partial charge on any atom is 0.341 e. The van der Waals surface area contributed by atoms with Crippen molar-refractivity contribution >= 4 is 23.5 Å². The molecule has 0 N–H and O–H groups in total. The zero-order valence-electron chi connectivity index (χ0n) is 9.44. The molecule has 0 atom stereocenters. The first-order valence-electron chi connectivity index (χ1n) is 5.13. The first-order chi connectivity index (χ1) is 8.19. The van der Waals surface area contributed by atoms with Gasteiger partial charge in [0.2, 0.25) is 0 Å². The van der Waals surface area contributed by atoms with Gasteiger partial charge < -0.3 is 9.47 Å². The Balaban J connectivity index is 2.76. The predicted molar refractivity (Wildman–Crippen MR) is 63.4 cm³/mol. The van der Waals surface area contributed by atoms with E-state index in [4.69, 9.17) is 16.3 Å². The average Bonchev–Trinajstić information content (AvgIpc) is 2.36. The highest BCUT2D eigenvalue weighted by Crippen LogP contribution is 2.19. The number of esters is 2. The summed E-state index contributed by atoms with van der Waals surface area (Å²) >= 11 is 5.47. The summed E-state index contributed by atoms with van der Waals surface area (Å²) in [5, 5.41) is 0. The molecule has 0 aliphatic carbocycles. The zero-order chi connectivity index (χ0) is 12.7. The molecule has 0 amide bonds. The second-order valence-electron chi connectivity index (χ2n) is 3.25. The van der Waals surface area contributed by atoms with E-state index in [1.165, 1.54) is 13.2 Å². The van der Waals surface area contributed by atoms with Gasteiger partial charge >= 0.3 is 11.9 Å². The molecule has 0 bridgehead atoms. The molecule has 0 unspecified atom stereocenters. The number of halogens is 1. The highest BCUT2D eigenvalue weighted by molar-refractivity contribution is 6.17. The maximum atomic E-state index is 11.4. The zero-order valence-corrected chi connectivity index (χ0v) is 10.2. The quantitative estimate of drug-likeness (QED) is 0.461. The SMILES string of the molecule is COC(=O)c1ccccc1OC(=O)CCCCl. The fourth-order valence-electron chi connectivity index (χ4n) is 1.22. The minimum absolute atomic E-state index is 0.207. The summed E-state index contributed by atoms with van der Waals surface area (Å²) in [4.78, 5) is 22.8. The van der Waals surface area contributed by atoms with Crippen LogP contribution in [-0.2, 0) is 9.53 Å². The van der Waals surface area contributed by atoms with Crippen LogP contribution in [0.25, 0.3) is 0 Å². The number of carbonyl (C=O) groups excluding carboxylic acids is 2. The van der Waals surface area contributed by atoms with Gasteiger partial charge in [0.05, 0.1) is 7.11 Å². The van der Waals surface area contributed by atoms with Crippen molar-refractivity contribution in [2.45, 2.75) is 12.8 Å². The molecule has 0 aliphatic heterocycles. The Hall–Kier alpha value is -1.55. The number of rotatable bonds is 5. The fourth-order valence-corrected chi connectivity index (χ4v) is 1.35. The van der Waals surface area contributed by atoms with Crippen LogP contribution in [0.2, 0.25) is 0 Å². The monoisotopic (exact) mass is 256 g/mol. The molecule has 92 valence electrons. The topological polar surface area (TPSA) is 52.6 Å². The Morgan fingerprint density at radius 2 is 2.00 bits per heavy atom. The van der Waals surface area contributed by atoms with Crippen LogP contribution in [0.15, 0.2) is 24.3 Å². The normalized spacial score (nSPS) is 9.76. The third kappa shape index (κ3) is 4.07. The number of ether oxygens (including phenoxy) is 2. The van der Waals surface area contributed by atoms with Gasteiger partial charge in [-0.05, 0) is 18.6 Å². The number of hydrogen-bond donors (Lipinski definition) is 0. The molecule has 17 heavy (non-hydrogen) atoms. The van der Waals surface area contributed by atoms with Crippen LogP contribution in [0.5, 0.6) is 5.75 Å². The van der Waals surface area contributed by atoms with Crippen molar-refractivity contribution in [2.75, 3.05) is 13.0 Å². The maximum absolute atomic E-state index is 11.4. The van der Waals surface area contributed by atoms with Gasteiger partial charge in [-0.1, -0.05) is 12.1 Å². The van der Waals surface area contributed by atoms with E-state index in [0.29, 0.717) is 12.3 Å². The summed E-state index contributed by atoms with van der Waals surface area (Å²) in [5.74, 6) is -0.347. The molecular formula is C12H13ClO4. The summed E-state index contributed by atoms with van der Waals surface area (Å²) in [5.41, 5.74) is 0.231. The highest BCUT2D eigenvalue weighted by atomic mass is 35.5. The van der Waals surface area contributed by atoms with Crippen LogP contribution in [0, 0.1) is 0 Å². The number of benzene rings is 1. The van der Waals surface area contributed by atoms with Crippen LogP contribution in [0.4, 0.5) is 0 Å². The molecule has 1 rings (SSSR count). The summed E-state index contributed by atoms with van der Waals surface area (Å²) in [6.45, 7) is 0. The minimum atomic E-state index is -0.536. The van der Waals surface area contributed by atoms with Crippen molar-refractivity contribution in [2.24, 2.45) is 0 Å². The molecule has 1 aromatic rings. The van der Waals surface area contributed by atoms with Crippen molar-refractivity contribution in [1.29, 1.82) is 0 Å². The molecule has 0 heterocycles. The second-order valence-corrected chi connectivity index (χ2v) is 3.63. The van der Waals surface area contributed by atoms with Crippen molar-refractivity contribution in [3.63, 3.8) is 0 Å². The summed E-state index contributed by atoms with van der Waals surface area (Å²) < 4.78 is 9.66. The summed E-state index contributed by atoms with van der Waals surface area (Å²) in [6, 6.07) is 6.43. The number of carbonyl (C=O) groups is 2. The molecule has 4 nitrogen and oxygen atoms in total. The van der Waals surface area contributed by atoms with Crippen molar-refractivity contribution < 1.29 is 19.1 Å². The van der Waals surface area contributed by atoms with E-state index < -0.39 is 11.9 Å². The lowest BCUT2D eigenvalue weighted by Crippen LogP contribution is -2.11. The van der Waals surface area contributed by atoms with Gasteiger partial charge in [-0.15, -0.1) is 11.6 Å². The highest BCUT2D eigenvalue weighted by Gasteiger charge is 2.14. The Kier molecular flexibility index (Phi) is 5.49. The van der Waals surface area contributed by atoms with Gasteiger partial charge in [-0.2, -0.15) is 0 Å². The second kappa shape index (κ2) is 6.91. The standard InChI is InChI=1S/C12H13ClO4/c1-16-12(15)9-5-2-3-6-10(9)17-11(14)7-4-8-13/h2-3,5-6H,4,7-8H2,1H3. The molecule has 0 aliphatic rings. The van der Waals surface area contributed by atoms with Crippen molar-refractivity contribution in [3.05, 3.63) is 29.8 Å². The molecule has 0 aromatic heterocycles. The molecule has 0 spiro atoms. The Bertz CT molecular complexity index is 403. The lowest BCUT2D eigenvalue weighted by atomic mass is 10.2. The molecule has 5 heteroatoms.